The lowest BCUT2D eigenvalue weighted by atomic mass is 10.1. The predicted octanol–water partition coefficient (Wildman–Crippen LogP) is 1.55. The molecule has 1 unspecified atom stereocenters. The molecule has 4 nitrogen and oxygen atoms in total. The summed E-state index contributed by atoms with van der Waals surface area (Å²) in [5.41, 5.74) is 1.08. The van der Waals surface area contributed by atoms with E-state index in [1.807, 2.05) is 24.3 Å². The maximum atomic E-state index is 11.0. The Bertz CT molecular complexity index is 362. The van der Waals surface area contributed by atoms with Crippen LogP contribution in [0.3, 0.4) is 0 Å². The second-order valence-electron chi connectivity index (χ2n) is 3.74. The van der Waals surface area contributed by atoms with Gasteiger partial charge in [0.05, 0.1) is 14.2 Å². The summed E-state index contributed by atoms with van der Waals surface area (Å²) >= 11 is 0. The molecule has 1 N–H and O–H groups in total. The molecule has 0 amide bonds. The highest BCUT2D eigenvalue weighted by atomic mass is 16.5. The van der Waals surface area contributed by atoms with Crippen molar-refractivity contribution in [2.24, 2.45) is 0 Å². The lowest BCUT2D eigenvalue weighted by Crippen LogP contribution is -2.21. The molecule has 0 radical (unpaired) electrons. The molecule has 94 valence electrons. The maximum Gasteiger partial charge on any atom is 0.334 e. The number of ether oxygens (including phenoxy) is 2. The van der Waals surface area contributed by atoms with Gasteiger partial charge in [-0.1, -0.05) is 18.2 Å². The summed E-state index contributed by atoms with van der Waals surface area (Å²) in [5, 5.41) is 9.42. The van der Waals surface area contributed by atoms with E-state index in [2.05, 4.69) is 4.74 Å². The van der Waals surface area contributed by atoms with Crippen molar-refractivity contribution in [1.29, 1.82) is 0 Å². The van der Waals surface area contributed by atoms with Gasteiger partial charge < -0.3 is 14.6 Å². The zero-order valence-corrected chi connectivity index (χ0v) is 10.2. The number of aryl methyl sites for hydroxylation is 1. The first-order valence-corrected chi connectivity index (χ1v) is 5.56. The fourth-order valence-electron chi connectivity index (χ4n) is 1.65. The molecule has 0 aromatic heterocycles. The molecule has 0 bridgehead atoms. The summed E-state index contributed by atoms with van der Waals surface area (Å²) < 4.78 is 9.66. The largest absolute Gasteiger partial charge is 0.496 e. The number of benzene rings is 1. The Balaban J connectivity index is 2.43. The molecule has 0 saturated carbocycles. The van der Waals surface area contributed by atoms with Gasteiger partial charge in [-0.15, -0.1) is 0 Å². The van der Waals surface area contributed by atoms with Gasteiger partial charge in [0.15, 0.2) is 6.10 Å². The number of carbonyl (C=O) groups excluding carboxylic acids is 1. The highest BCUT2D eigenvalue weighted by Crippen LogP contribution is 2.19. The third-order valence-electron chi connectivity index (χ3n) is 2.59. The van der Waals surface area contributed by atoms with Gasteiger partial charge in [0.25, 0.3) is 0 Å². The molecule has 1 aromatic carbocycles. The van der Waals surface area contributed by atoms with E-state index in [4.69, 9.17) is 4.74 Å². The van der Waals surface area contributed by atoms with E-state index in [0.717, 1.165) is 17.7 Å². The van der Waals surface area contributed by atoms with E-state index in [1.54, 1.807) is 7.11 Å². The Morgan fingerprint density at radius 1 is 1.35 bits per heavy atom. The van der Waals surface area contributed by atoms with Gasteiger partial charge in [-0.3, -0.25) is 0 Å². The molecule has 0 spiro atoms. The Morgan fingerprint density at radius 3 is 2.71 bits per heavy atom. The summed E-state index contributed by atoms with van der Waals surface area (Å²) in [6.45, 7) is 0. The van der Waals surface area contributed by atoms with Crippen molar-refractivity contribution in [2.45, 2.75) is 25.4 Å². The van der Waals surface area contributed by atoms with E-state index < -0.39 is 12.1 Å². The standard InChI is InChI=1S/C13H18O4/c1-16-12-9-4-3-6-10(12)7-5-8-11(14)13(15)17-2/h3-4,6,9,11,14H,5,7-8H2,1-2H3. The van der Waals surface area contributed by atoms with Crippen molar-refractivity contribution in [3.05, 3.63) is 29.8 Å². The molecular weight excluding hydrogens is 220 g/mol. The van der Waals surface area contributed by atoms with Crippen LogP contribution in [0.25, 0.3) is 0 Å². The van der Waals surface area contributed by atoms with Crippen LogP contribution in [-0.2, 0) is 16.0 Å². The van der Waals surface area contributed by atoms with Crippen LogP contribution in [0.1, 0.15) is 18.4 Å². The zero-order valence-electron chi connectivity index (χ0n) is 10.2. The minimum Gasteiger partial charge on any atom is -0.496 e. The molecule has 0 heterocycles. The van der Waals surface area contributed by atoms with Gasteiger partial charge in [0.2, 0.25) is 0 Å². The fourth-order valence-corrected chi connectivity index (χ4v) is 1.65. The van der Waals surface area contributed by atoms with Crippen LogP contribution in [0.5, 0.6) is 5.75 Å². The Hall–Kier alpha value is -1.55. The third-order valence-corrected chi connectivity index (χ3v) is 2.59. The van der Waals surface area contributed by atoms with Crippen LogP contribution in [0, 0.1) is 0 Å². The van der Waals surface area contributed by atoms with Crippen molar-refractivity contribution in [1.82, 2.24) is 0 Å². The predicted molar refractivity (Wildman–Crippen MR) is 64.0 cm³/mol. The summed E-state index contributed by atoms with van der Waals surface area (Å²) in [6, 6.07) is 7.72. The second kappa shape index (κ2) is 6.91. The molecule has 0 saturated heterocycles. The number of hydrogen-bond donors (Lipinski definition) is 1. The molecule has 0 aliphatic rings. The number of carbonyl (C=O) groups is 1. The van der Waals surface area contributed by atoms with Crippen LogP contribution >= 0.6 is 0 Å². The number of methoxy groups -OCH3 is 2. The minimum atomic E-state index is -1.03. The molecule has 4 heteroatoms. The van der Waals surface area contributed by atoms with Gasteiger partial charge in [0.1, 0.15) is 5.75 Å². The first kappa shape index (κ1) is 13.5. The third kappa shape index (κ3) is 4.07. The lowest BCUT2D eigenvalue weighted by Gasteiger charge is -2.10. The Morgan fingerprint density at radius 2 is 2.06 bits per heavy atom. The molecule has 0 aliphatic heterocycles. The highest BCUT2D eigenvalue weighted by molar-refractivity contribution is 5.74. The van der Waals surface area contributed by atoms with E-state index in [1.165, 1.54) is 7.11 Å². The molecule has 0 aliphatic carbocycles. The molecule has 1 atom stereocenters. The average Bonchev–Trinajstić information content (AvgIpc) is 2.38. The summed E-state index contributed by atoms with van der Waals surface area (Å²) in [7, 11) is 2.90. The summed E-state index contributed by atoms with van der Waals surface area (Å²) in [6.07, 6.45) is 0.828. The van der Waals surface area contributed by atoms with Crippen LogP contribution in [0.2, 0.25) is 0 Å². The normalized spacial score (nSPS) is 11.9. The van der Waals surface area contributed by atoms with Crippen molar-refractivity contribution < 1.29 is 19.4 Å². The van der Waals surface area contributed by atoms with Crippen molar-refractivity contribution >= 4 is 5.97 Å². The zero-order chi connectivity index (χ0) is 12.7. The number of aliphatic hydroxyl groups excluding tert-OH is 1. The number of rotatable bonds is 6. The first-order valence-electron chi connectivity index (χ1n) is 5.56. The smallest absolute Gasteiger partial charge is 0.334 e. The van der Waals surface area contributed by atoms with Gasteiger partial charge in [-0.2, -0.15) is 0 Å². The van der Waals surface area contributed by atoms with Crippen molar-refractivity contribution in [3.8, 4) is 5.75 Å². The molecule has 17 heavy (non-hydrogen) atoms. The molecule has 1 rings (SSSR count). The fraction of sp³-hybridized carbons (Fsp3) is 0.462. The van der Waals surface area contributed by atoms with Crippen molar-refractivity contribution in [3.63, 3.8) is 0 Å². The lowest BCUT2D eigenvalue weighted by molar-refractivity contribution is -0.150. The Labute approximate surface area is 101 Å². The van der Waals surface area contributed by atoms with Crippen LogP contribution in [-0.4, -0.2) is 31.4 Å². The Kier molecular flexibility index (Phi) is 5.49. The van der Waals surface area contributed by atoms with Crippen molar-refractivity contribution in [2.75, 3.05) is 14.2 Å². The van der Waals surface area contributed by atoms with Crippen LogP contribution in [0.15, 0.2) is 24.3 Å². The van der Waals surface area contributed by atoms with Crippen LogP contribution < -0.4 is 4.74 Å². The monoisotopic (exact) mass is 238 g/mol. The van der Waals surface area contributed by atoms with Crippen LogP contribution in [0.4, 0.5) is 0 Å². The van der Waals surface area contributed by atoms with Gasteiger partial charge in [-0.05, 0) is 30.9 Å². The highest BCUT2D eigenvalue weighted by Gasteiger charge is 2.14. The molecule has 1 aromatic rings. The second-order valence-corrected chi connectivity index (χ2v) is 3.74. The van der Waals surface area contributed by atoms with E-state index in [-0.39, 0.29) is 0 Å². The molecular formula is C13H18O4. The summed E-state index contributed by atoms with van der Waals surface area (Å²) in [4.78, 5) is 11.0. The number of hydrogen-bond acceptors (Lipinski definition) is 4. The molecule has 0 fully saturated rings. The number of para-hydroxylation sites is 1. The quantitative estimate of drug-likeness (QED) is 0.764. The van der Waals surface area contributed by atoms with E-state index in [0.29, 0.717) is 12.8 Å². The van der Waals surface area contributed by atoms with Gasteiger partial charge in [0, 0.05) is 0 Å². The maximum absolute atomic E-state index is 11.0. The SMILES string of the molecule is COC(=O)C(O)CCCc1ccccc1OC. The number of esters is 1. The van der Waals surface area contributed by atoms with E-state index in [9.17, 15) is 9.90 Å². The minimum absolute atomic E-state index is 0.394. The van der Waals surface area contributed by atoms with E-state index >= 15 is 0 Å². The van der Waals surface area contributed by atoms with Gasteiger partial charge >= 0.3 is 5.97 Å². The van der Waals surface area contributed by atoms with Gasteiger partial charge in [-0.25, -0.2) is 4.79 Å². The number of aliphatic hydroxyl groups is 1. The summed E-state index contributed by atoms with van der Waals surface area (Å²) in [5.74, 6) is 0.255. The average molecular weight is 238 g/mol. The first-order chi connectivity index (χ1) is 8.19. The topological polar surface area (TPSA) is 55.8 Å².